The molecule has 0 saturated carbocycles. The van der Waals surface area contributed by atoms with Crippen LogP contribution in [0.2, 0.25) is 0 Å². The maximum atomic E-state index is 16.1. The van der Waals surface area contributed by atoms with Crippen LogP contribution in [0.25, 0.3) is 59.8 Å². The first-order valence-electron chi connectivity index (χ1n) is 16.3. The Labute approximate surface area is 288 Å². The quantitative estimate of drug-likeness (QED) is 0.137. The Morgan fingerprint density at radius 1 is 0.500 bits per heavy atom. The number of rotatable bonds is 5. The Morgan fingerprint density at radius 3 is 1.44 bits per heavy atom. The van der Waals surface area contributed by atoms with Gasteiger partial charge in [-0.3, -0.25) is 0 Å². The topological polar surface area (TPSA) is 55.1 Å². The van der Waals surface area contributed by atoms with E-state index in [9.17, 15) is 5.26 Å². The van der Waals surface area contributed by atoms with Crippen LogP contribution in [-0.4, -0.2) is 9.13 Å². The van der Waals surface area contributed by atoms with Crippen LogP contribution >= 0.6 is 7.14 Å². The lowest BCUT2D eigenvalue weighted by Gasteiger charge is -2.21. The Morgan fingerprint density at radius 2 is 0.940 bits per heavy atom. The van der Waals surface area contributed by atoms with E-state index >= 15 is 4.57 Å². The second kappa shape index (κ2) is 11.5. The number of para-hydroxylation sites is 2. The lowest BCUT2D eigenvalue weighted by Crippen LogP contribution is -2.25. The fourth-order valence-electron chi connectivity index (χ4n) is 7.34. The molecule has 0 amide bonds. The van der Waals surface area contributed by atoms with E-state index in [0.29, 0.717) is 21.9 Å². The van der Waals surface area contributed by atoms with Gasteiger partial charge in [-0.15, -0.1) is 0 Å². The largest absolute Gasteiger partial charge is 0.309 e. The highest BCUT2D eigenvalue weighted by molar-refractivity contribution is 7.85. The van der Waals surface area contributed by atoms with E-state index in [4.69, 9.17) is 6.57 Å². The van der Waals surface area contributed by atoms with Crippen molar-refractivity contribution < 1.29 is 4.57 Å². The normalized spacial score (nSPS) is 12.6. The molecule has 9 aromatic rings. The Hall–Kier alpha value is -6.65. The van der Waals surface area contributed by atoms with Crippen LogP contribution in [-0.2, 0) is 4.57 Å². The summed E-state index contributed by atoms with van der Waals surface area (Å²) in [5.74, 6) is 0. The number of hydrogen-bond donors (Lipinski definition) is 0. The molecule has 7 aromatic carbocycles. The highest BCUT2D eigenvalue weighted by atomic mass is 31.2. The van der Waals surface area contributed by atoms with Gasteiger partial charge in [-0.05, 0) is 96.4 Å². The first-order valence-corrected chi connectivity index (χ1v) is 18.0. The van der Waals surface area contributed by atoms with Crippen molar-refractivity contribution in [1.29, 1.82) is 5.26 Å². The molecule has 0 aliphatic rings. The Balaban J connectivity index is 1.34. The molecule has 1 unspecified atom stereocenters. The first kappa shape index (κ1) is 29.5. The summed E-state index contributed by atoms with van der Waals surface area (Å²) in [5, 5.41) is 15.7. The second-order valence-electron chi connectivity index (χ2n) is 12.3. The molecule has 1 atom stereocenters. The van der Waals surface area contributed by atoms with Crippen molar-refractivity contribution in [3.8, 4) is 17.4 Å². The molecule has 50 heavy (non-hydrogen) atoms. The maximum Gasteiger partial charge on any atom is 0.188 e. The summed E-state index contributed by atoms with van der Waals surface area (Å²) in [5.41, 5.74) is 7.05. The average molecular weight is 659 g/mol. The van der Waals surface area contributed by atoms with Gasteiger partial charge in [0, 0.05) is 43.4 Å². The third-order valence-electron chi connectivity index (χ3n) is 9.61. The van der Waals surface area contributed by atoms with Crippen LogP contribution < -0.4 is 15.9 Å². The molecule has 0 fully saturated rings. The van der Waals surface area contributed by atoms with Crippen molar-refractivity contribution in [3.63, 3.8) is 0 Å². The first-order chi connectivity index (χ1) is 24.6. The summed E-state index contributed by atoms with van der Waals surface area (Å²) in [7, 11) is -3.45. The molecule has 2 aromatic heterocycles. The van der Waals surface area contributed by atoms with Crippen molar-refractivity contribution in [2.45, 2.75) is 0 Å². The van der Waals surface area contributed by atoms with Gasteiger partial charge in [-0.25, -0.2) is 4.85 Å². The lowest BCUT2D eigenvalue weighted by atomic mass is 10.1. The molecule has 0 spiro atoms. The number of benzene rings is 7. The maximum absolute atomic E-state index is 16.1. The van der Waals surface area contributed by atoms with E-state index in [1.165, 1.54) is 0 Å². The fraction of sp³-hybridized carbons (Fsp3) is 0. The highest BCUT2D eigenvalue weighted by Gasteiger charge is 2.31. The zero-order valence-electron chi connectivity index (χ0n) is 26.7. The second-order valence-corrected chi connectivity index (χ2v) is 15.1. The van der Waals surface area contributed by atoms with Crippen molar-refractivity contribution in [2.24, 2.45) is 0 Å². The number of nitriles is 1. The average Bonchev–Trinajstić information content (AvgIpc) is 3.69. The molecule has 234 valence electrons. The smallest absolute Gasteiger partial charge is 0.188 e. The Bertz CT molecular complexity index is 2730. The van der Waals surface area contributed by atoms with Gasteiger partial charge in [0.1, 0.15) is 0 Å². The highest BCUT2D eigenvalue weighted by Crippen LogP contribution is 2.46. The predicted octanol–water partition coefficient (Wildman–Crippen LogP) is 9.94. The fourth-order valence-corrected chi connectivity index (χ4v) is 10.0. The van der Waals surface area contributed by atoms with Gasteiger partial charge in [0.05, 0.1) is 40.3 Å². The summed E-state index contributed by atoms with van der Waals surface area (Å²) < 4.78 is 20.5. The van der Waals surface area contributed by atoms with E-state index in [0.717, 1.165) is 60.3 Å². The SMILES string of the molecule is [C-]#[N+]c1ccc2c(c1)c1cc(P(=O)(c3ccccc3)c3ccc4c(c3)c3cc(C#N)ccc3n4-c3ccccc3)ccc1n2-c1ccccc1. The molecule has 9 rings (SSSR count). The van der Waals surface area contributed by atoms with Crippen molar-refractivity contribution in [1.82, 2.24) is 9.13 Å². The van der Waals surface area contributed by atoms with Crippen LogP contribution in [0.15, 0.2) is 164 Å². The molecule has 0 aliphatic carbocycles. The number of nitrogens with zero attached hydrogens (tertiary/aromatic N) is 4. The third-order valence-corrected chi connectivity index (χ3v) is 12.7. The molecular weight excluding hydrogens is 631 g/mol. The Kier molecular flexibility index (Phi) is 6.78. The molecular formula is C44H27N4OP. The summed E-state index contributed by atoms with van der Waals surface area (Å²) >= 11 is 0. The molecule has 0 radical (unpaired) electrons. The van der Waals surface area contributed by atoms with Crippen LogP contribution in [0.4, 0.5) is 5.69 Å². The van der Waals surface area contributed by atoms with Gasteiger partial charge < -0.3 is 13.7 Å². The van der Waals surface area contributed by atoms with Gasteiger partial charge in [-0.1, -0.05) is 72.8 Å². The number of aromatic nitrogens is 2. The van der Waals surface area contributed by atoms with Gasteiger partial charge in [-0.2, -0.15) is 5.26 Å². The van der Waals surface area contributed by atoms with Crippen molar-refractivity contribution >= 4 is 72.4 Å². The number of fused-ring (bicyclic) bond motifs is 6. The summed E-state index contributed by atoms with van der Waals surface area (Å²) in [6.07, 6.45) is 0. The van der Waals surface area contributed by atoms with Crippen LogP contribution in [0.1, 0.15) is 5.56 Å². The van der Waals surface area contributed by atoms with Gasteiger partial charge in [0.15, 0.2) is 12.8 Å². The van der Waals surface area contributed by atoms with Crippen LogP contribution in [0.3, 0.4) is 0 Å². The summed E-state index contributed by atoms with van der Waals surface area (Å²) in [6, 6.07) is 56.1. The minimum atomic E-state index is -3.45. The van der Waals surface area contributed by atoms with Gasteiger partial charge in [0.25, 0.3) is 0 Å². The molecule has 0 aliphatic heterocycles. The third kappa shape index (κ3) is 4.42. The zero-order chi connectivity index (χ0) is 33.8. The monoisotopic (exact) mass is 658 g/mol. The van der Waals surface area contributed by atoms with Crippen LogP contribution in [0, 0.1) is 17.9 Å². The molecule has 0 saturated heterocycles. The van der Waals surface area contributed by atoms with E-state index in [2.05, 4.69) is 68.6 Å². The van der Waals surface area contributed by atoms with Gasteiger partial charge in [0.2, 0.25) is 0 Å². The molecule has 5 nitrogen and oxygen atoms in total. The van der Waals surface area contributed by atoms with Crippen LogP contribution in [0.5, 0.6) is 0 Å². The van der Waals surface area contributed by atoms with E-state index in [-0.39, 0.29) is 0 Å². The molecule has 6 heteroatoms. The van der Waals surface area contributed by atoms with E-state index < -0.39 is 7.14 Å². The van der Waals surface area contributed by atoms with E-state index in [1.54, 1.807) is 0 Å². The summed E-state index contributed by atoms with van der Waals surface area (Å²) in [4.78, 5) is 3.73. The molecule has 2 heterocycles. The van der Waals surface area contributed by atoms with E-state index in [1.807, 2.05) is 115 Å². The lowest BCUT2D eigenvalue weighted by molar-refractivity contribution is 0.592. The minimum Gasteiger partial charge on any atom is -0.309 e. The molecule has 0 N–H and O–H groups in total. The molecule has 0 bridgehead atoms. The van der Waals surface area contributed by atoms with Crippen molar-refractivity contribution in [2.75, 3.05) is 0 Å². The standard InChI is InChI=1S/C44H27N4OP/c1-46-31-18-22-42-38(26-31)40-28-36(20-24-44(40)48(42)33-13-7-3-8-14-33)50(49,34-15-9-4-10-16-34)35-19-23-43-39(27-35)37-25-30(29-45)17-21-41(37)47(43)32-11-5-2-6-12-32/h2-28H. The predicted molar refractivity (Wildman–Crippen MR) is 205 cm³/mol. The minimum absolute atomic E-state index is 0.554. The summed E-state index contributed by atoms with van der Waals surface area (Å²) in [6.45, 7) is 7.72. The van der Waals surface area contributed by atoms with Crippen molar-refractivity contribution in [3.05, 3.63) is 181 Å². The zero-order valence-corrected chi connectivity index (χ0v) is 27.6. The van der Waals surface area contributed by atoms with Gasteiger partial charge >= 0.3 is 0 Å². The number of hydrogen-bond acceptors (Lipinski definition) is 2.